The van der Waals surface area contributed by atoms with Crippen molar-refractivity contribution in [3.63, 3.8) is 0 Å². The Bertz CT molecular complexity index is 356. The van der Waals surface area contributed by atoms with Crippen molar-refractivity contribution in [2.75, 3.05) is 18.5 Å². The van der Waals surface area contributed by atoms with Crippen molar-refractivity contribution < 1.29 is 4.74 Å². The molecule has 3 nitrogen and oxygen atoms in total. The molecule has 2 rings (SSSR count). The predicted octanol–water partition coefficient (Wildman–Crippen LogP) is 2.69. The van der Waals surface area contributed by atoms with Crippen LogP contribution in [-0.2, 0) is 11.3 Å². The summed E-state index contributed by atoms with van der Waals surface area (Å²) in [6, 6.07) is 0. The summed E-state index contributed by atoms with van der Waals surface area (Å²) >= 11 is 3.67. The standard InChI is InChI=1S/C12H19BrN2O/c1-10-11(2)15(9-14-10)8-12(7-13)3-5-16-6-4-12/h9H,3-8H2,1-2H3. The summed E-state index contributed by atoms with van der Waals surface area (Å²) < 4.78 is 7.73. The molecule has 0 saturated carbocycles. The lowest BCUT2D eigenvalue weighted by Gasteiger charge is -2.36. The minimum absolute atomic E-state index is 0.343. The lowest BCUT2D eigenvalue weighted by molar-refractivity contribution is 0.0183. The highest BCUT2D eigenvalue weighted by molar-refractivity contribution is 9.09. The lowest BCUT2D eigenvalue weighted by Crippen LogP contribution is -2.35. The zero-order valence-electron chi connectivity index (χ0n) is 10.0. The molecule has 1 aromatic heterocycles. The summed E-state index contributed by atoms with van der Waals surface area (Å²) in [5.41, 5.74) is 2.76. The highest BCUT2D eigenvalue weighted by Gasteiger charge is 2.32. The highest BCUT2D eigenvalue weighted by Crippen LogP contribution is 2.34. The lowest BCUT2D eigenvalue weighted by atomic mass is 9.82. The van der Waals surface area contributed by atoms with Gasteiger partial charge in [0.05, 0.1) is 12.0 Å². The van der Waals surface area contributed by atoms with Gasteiger partial charge in [-0.15, -0.1) is 0 Å². The Morgan fingerprint density at radius 1 is 1.44 bits per heavy atom. The number of aryl methyl sites for hydroxylation is 1. The van der Waals surface area contributed by atoms with Crippen LogP contribution in [0.2, 0.25) is 0 Å². The van der Waals surface area contributed by atoms with Crippen LogP contribution in [0.5, 0.6) is 0 Å². The monoisotopic (exact) mass is 286 g/mol. The Labute approximate surface area is 105 Å². The minimum atomic E-state index is 0.343. The van der Waals surface area contributed by atoms with Crippen molar-refractivity contribution in [1.29, 1.82) is 0 Å². The van der Waals surface area contributed by atoms with E-state index in [1.807, 2.05) is 6.33 Å². The average molecular weight is 287 g/mol. The van der Waals surface area contributed by atoms with E-state index in [1.165, 1.54) is 5.69 Å². The zero-order chi connectivity index (χ0) is 11.6. The van der Waals surface area contributed by atoms with E-state index in [0.29, 0.717) is 5.41 Å². The molecule has 90 valence electrons. The molecule has 0 radical (unpaired) electrons. The third-order valence-electron chi connectivity index (χ3n) is 3.69. The first-order valence-electron chi connectivity index (χ1n) is 5.79. The average Bonchev–Trinajstić information content (AvgIpc) is 2.62. The maximum Gasteiger partial charge on any atom is 0.0951 e. The molecule has 16 heavy (non-hydrogen) atoms. The number of hydrogen-bond donors (Lipinski definition) is 0. The van der Waals surface area contributed by atoms with E-state index >= 15 is 0 Å². The van der Waals surface area contributed by atoms with E-state index in [0.717, 1.165) is 43.6 Å². The van der Waals surface area contributed by atoms with Gasteiger partial charge in [0, 0.05) is 36.2 Å². The van der Waals surface area contributed by atoms with Gasteiger partial charge in [-0.25, -0.2) is 4.98 Å². The third-order valence-corrected chi connectivity index (χ3v) is 4.88. The van der Waals surface area contributed by atoms with E-state index in [-0.39, 0.29) is 0 Å². The second-order valence-electron chi connectivity index (χ2n) is 4.79. The molecule has 0 spiro atoms. The Kier molecular flexibility index (Phi) is 3.70. The third kappa shape index (κ3) is 2.33. The molecule has 0 amide bonds. The first-order valence-corrected chi connectivity index (χ1v) is 6.91. The van der Waals surface area contributed by atoms with Crippen LogP contribution in [0.3, 0.4) is 0 Å². The number of halogens is 1. The predicted molar refractivity (Wildman–Crippen MR) is 68.0 cm³/mol. The van der Waals surface area contributed by atoms with Crippen LogP contribution in [0.25, 0.3) is 0 Å². The molecule has 0 unspecified atom stereocenters. The number of rotatable bonds is 3. The van der Waals surface area contributed by atoms with E-state index in [2.05, 4.69) is 39.3 Å². The van der Waals surface area contributed by atoms with Gasteiger partial charge in [-0.1, -0.05) is 15.9 Å². The molecule has 0 bridgehead atoms. The van der Waals surface area contributed by atoms with Crippen LogP contribution in [0.1, 0.15) is 24.2 Å². The normalized spacial score (nSPS) is 19.9. The molecule has 2 heterocycles. The molecule has 0 atom stereocenters. The minimum Gasteiger partial charge on any atom is -0.381 e. The maximum absolute atomic E-state index is 5.45. The van der Waals surface area contributed by atoms with Gasteiger partial charge in [0.25, 0.3) is 0 Å². The fourth-order valence-electron chi connectivity index (χ4n) is 2.20. The fraction of sp³-hybridized carbons (Fsp3) is 0.750. The Morgan fingerprint density at radius 3 is 2.62 bits per heavy atom. The van der Waals surface area contributed by atoms with Crippen molar-refractivity contribution in [3.8, 4) is 0 Å². The van der Waals surface area contributed by atoms with Gasteiger partial charge >= 0.3 is 0 Å². The van der Waals surface area contributed by atoms with Crippen LogP contribution < -0.4 is 0 Å². The smallest absolute Gasteiger partial charge is 0.0951 e. The Morgan fingerprint density at radius 2 is 2.12 bits per heavy atom. The molecule has 0 aromatic carbocycles. The van der Waals surface area contributed by atoms with Crippen LogP contribution in [0.15, 0.2) is 6.33 Å². The SMILES string of the molecule is Cc1ncn(CC2(CBr)CCOCC2)c1C. The molecule has 0 aliphatic carbocycles. The summed E-state index contributed by atoms with van der Waals surface area (Å²) in [7, 11) is 0. The number of ether oxygens (including phenoxy) is 1. The summed E-state index contributed by atoms with van der Waals surface area (Å²) in [4.78, 5) is 4.36. The van der Waals surface area contributed by atoms with E-state index in [1.54, 1.807) is 0 Å². The number of nitrogens with zero attached hydrogens (tertiary/aromatic N) is 2. The van der Waals surface area contributed by atoms with Crippen LogP contribution >= 0.6 is 15.9 Å². The fourth-order valence-corrected chi connectivity index (χ4v) is 2.94. The van der Waals surface area contributed by atoms with E-state index < -0.39 is 0 Å². The molecule has 4 heteroatoms. The largest absolute Gasteiger partial charge is 0.381 e. The zero-order valence-corrected chi connectivity index (χ0v) is 11.6. The van der Waals surface area contributed by atoms with Gasteiger partial charge in [0.15, 0.2) is 0 Å². The second kappa shape index (κ2) is 4.88. The number of aromatic nitrogens is 2. The quantitative estimate of drug-likeness (QED) is 0.799. The van der Waals surface area contributed by atoms with Gasteiger partial charge in [0.2, 0.25) is 0 Å². The van der Waals surface area contributed by atoms with Crippen molar-refractivity contribution in [3.05, 3.63) is 17.7 Å². The summed E-state index contributed by atoms with van der Waals surface area (Å²) in [6.45, 7) is 7.03. The molecular formula is C12H19BrN2O. The van der Waals surface area contributed by atoms with Gasteiger partial charge in [-0.2, -0.15) is 0 Å². The molecule has 0 N–H and O–H groups in total. The first-order chi connectivity index (χ1) is 7.67. The van der Waals surface area contributed by atoms with E-state index in [9.17, 15) is 0 Å². The summed E-state index contributed by atoms with van der Waals surface area (Å²) in [5, 5.41) is 1.04. The first kappa shape index (κ1) is 12.1. The van der Waals surface area contributed by atoms with Crippen LogP contribution in [0, 0.1) is 19.3 Å². The number of hydrogen-bond acceptors (Lipinski definition) is 2. The number of imidazole rings is 1. The molecular weight excluding hydrogens is 268 g/mol. The topological polar surface area (TPSA) is 27.1 Å². The van der Waals surface area contributed by atoms with Crippen LogP contribution in [-0.4, -0.2) is 28.1 Å². The van der Waals surface area contributed by atoms with Crippen molar-refractivity contribution in [2.45, 2.75) is 33.2 Å². The maximum atomic E-state index is 5.45. The van der Waals surface area contributed by atoms with E-state index in [4.69, 9.17) is 4.74 Å². The summed E-state index contributed by atoms with van der Waals surface area (Å²) in [6.07, 6.45) is 4.23. The second-order valence-corrected chi connectivity index (χ2v) is 5.35. The van der Waals surface area contributed by atoms with Crippen molar-refractivity contribution in [2.24, 2.45) is 5.41 Å². The Hall–Kier alpha value is -0.350. The van der Waals surface area contributed by atoms with Gasteiger partial charge in [-0.05, 0) is 26.7 Å². The molecule has 1 fully saturated rings. The van der Waals surface area contributed by atoms with Gasteiger partial charge in [0.1, 0.15) is 0 Å². The molecule has 1 aliphatic heterocycles. The number of alkyl halides is 1. The molecule has 1 aromatic rings. The molecule has 1 aliphatic rings. The van der Waals surface area contributed by atoms with Gasteiger partial charge < -0.3 is 9.30 Å². The van der Waals surface area contributed by atoms with Gasteiger partial charge in [-0.3, -0.25) is 0 Å². The summed E-state index contributed by atoms with van der Waals surface area (Å²) in [5.74, 6) is 0. The van der Waals surface area contributed by atoms with Crippen LogP contribution in [0.4, 0.5) is 0 Å². The highest BCUT2D eigenvalue weighted by atomic mass is 79.9. The Balaban J connectivity index is 2.14. The van der Waals surface area contributed by atoms with Crippen molar-refractivity contribution >= 4 is 15.9 Å². The van der Waals surface area contributed by atoms with Crippen molar-refractivity contribution in [1.82, 2.24) is 9.55 Å². The molecule has 1 saturated heterocycles.